The normalized spacial score (nSPS) is 15.6. The van der Waals surface area contributed by atoms with Crippen molar-refractivity contribution in [1.82, 2.24) is 9.55 Å². The maximum Gasteiger partial charge on any atom is 0.111 e. The minimum absolute atomic E-state index is 0.725. The van der Waals surface area contributed by atoms with Crippen LogP contribution in [0.4, 0.5) is 5.00 Å². The summed E-state index contributed by atoms with van der Waals surface area (Å²) >= 11 is 1.62. The summed E-state index contributed by atoms with van der Waals surface area (Å²) in [4.78, 5) is 6.24. The molecule has 6 heteroatoms. The van der Waals surface area contributed by atoms with Crippen molar-refractivity contribution in [3.8, 4) is 11.1 Å². The Kier molecular flexibility index (Phi) is 3.00. The summed E-state index contributed by atoms with van der Waals surface area (Å²) < 4.78 is 7.26. The zero-order chi connectivity index (χ0) is 12.4. The lowest BCUT2D eigenvalue weighted by Crippen LogP contribution is -2.36. The quantitative estimate of drug-likeness (QED) is 0.823. The van der Waals surface area contributed by atoms with E-state index in [-0.39, 0.29) is 0 Å². The first-order valence-electron chi connectivity index (χ1n) is 5.73. The molecule has 3 heterocycles. The van der Waals surface area contributed by atoms with Crippen LogP contribution >= 0.6 is 11.3 Å². The molecule has 3 rings (SSSR count). The number of aromatic nitrogens is 2. The number of thiophene rings is 1. The SMILES string of the molecule is N#Cc1cc(-n2ccnc2)sc1N1CCOCC1. The zero-order valence-electron chi connectivity index (χ0n) is 9.74. The van der Waals surface area contributed by atoms with Crippen LogP contribution in [-0.4, -0.2) is 35.9 Å². The average molecular weight is 260 g/mol. The van der Waals surface area contributed by atoms with Crippen LogP contribution < -0.4 is 4.90 Å². The molecule has 2 aromatic rings. The monoisotopic (exact) mass is 260 g/mol. The van der Waals surface area contributed by atoms with Crippen LogP contribution in [0.25, 0.3) is 5.00 Å². The number of hydrogen-bond donors (Lipinski definition) is 0. The minimum Gasteiger partial charge on any atom is -0.378 e. The molecule has 0 N–H and O–H groups in total. The Morgan fingerprint density at radius 3 is 2.89 bits per heavy atom. The summed E-state index contributed by atoms with van der Waals surface area (Å²) in [6.45, 7) is 3.14. The van der Waals surface area contributed by atoms with Crippen molar-refractivity contribution in [3.63, 3.8) is 0 Å². The van der Waals surface area contributed by atoms with Gasteiger partial charge in [0.25, 0.3) is 0 Å². The fourth-order valence-corrected chi connectivity index (χ4v) is 3.08. The molecule has 1 aliphatic heterocycles. The average Bonchev–Trinajstić information content (AvgIpc) is 3.08. The molecule has 0 unspecified atom stereocenters. The molecular formula is C12H12N4OS. The molecule has 2 aromatic heterocycles. The van der Waals surface area contributed by atoms with Gasteiger partial charge >= 0.3 is 0 Å². The molecule has 0 spiro atoms. The van der Waals surface area contributed by atoms with E-state index in [1.807, 2.05) is 16.8 Å². The first kappa shape index (κ1) is 11.3. The minimum atomic E-state index is 0.725. The van der Waals surface area contributed by atoms with Gasteiger partial charge in [-0.1, -0.05) is 11.3 Å². The molecule has 1 aliphatic rings. The highest BCUT2D eigenvalue weighted by molar-refractivity contribution is 7.18. The van der Waals surface area contributed by atoms with Crippen molar-refractivity contribution in [2.45, 2.75) is 0 Å². The Morgan fingerprint density at radius 2 is 2.22 bits per heavy atom. The lowest BCUT2D eigenvalue weighted by Gasteiger charge is -2.27. The standard InChI is InChI=1S/C12H12N4OS/c13-8-10-7-11(16-2-1-14-9-16)18-12(10)15-3-5-17-6-4-15/h1-2,7,9H,3-6H2. The van der Waals surface area contributed by atoms with Crippen LogP contribution in [0.15, 0.2) is 24.8 Å². The largest absolute Gasteiger partial charge is 0.378 e. The molecule has 0 aliphatic carbocycles. The van der Waals surface area contributed by atoms with Crippen molar-refractivity contribution >= 4 is 16.3 Å². The van der Waals surface area contributed by atoms with Crippen LogP contribution in [0.3, 0.4) is 0 Å². The van der Waals surface area contributed by atoms with Crippen LogP contribution in [-0.2, 0) is 4.74 Å². The molecule has 0 aromatic carbocycles. The summed E-state index contributed by atoms with van der Waals surface area (Å²) in [6, 6.07) is 4.18. The van der Waals surface area contributed by atoms with Gasteiger partial charge in [-0.3, -0.25) is 4.57 Å². The van der Waals surface area contributed by atoms with E-state index in [0.717, 1.165) is 41.9 Å². The Morgan fingerprint density at radius 1 is 1.39 bits per heavy atom. The molecule has 0 bridgehead atoms. The number of ether oxygens (including phenoxy) is 1. The van der Waals surface area contributed by atoms with Gasteiger partial charge < -0.3 is 9.64 Å². The third-order valence-corrected chi connectivity index (χ3v) is 4.09. The highest BCUT2D eigenvalue weighted by atomic mass is 32.1. The molecule has 92 valence electrons. The Bertz CT molecular complexity index is 563. The van der Waals surface area contributed by atoms with E-state index in [4.69, 9.17) is 4.74 Å². The smallest absolute Gasteiger partial charge is 0.111 e. The van der Waals surface area contributed by atoms with Crippen LogP contribution in [0.5, 0.6) is 0 Å². The van der Waals surface area contributed by atoms with Gasteiger partial charge in [0.05, 0.1) is 25.1 Å². The molecular weight excluding hydrogens is 248 g/mol. The van der Waals surface area contributed by atoms with Gasteiger partial charge in [-0.15, -0.1) is 0 Å². The highest BCUT2D eigenvalue weighted by Gasteiger charge is 2.18. The van der Waals surface area contributed by atoms with Gasteiger partial charge in [0.2, 0.25) is 0 Å². The maximum atomic E-state index is 9.23. The Balaban J connectivity index is 1.96. The number of nitrogens with zero attached hydrogens (tertiary/aromatic N) is 4. The first-order chi connectivity index (χ1) is 8.88. The fraction of sp³-hybridized carbons (Fsp3) is 0.333. The van der Waals surface area contributed by atoms with Crippen molar-refractivity contribution in [2.24, 2.45) is 0 Å². The number of rotatable bonds is 2. The molecule has 0 saturated carbocycles. The molecule has 5 nitrogen and oxygen atoms in total. The third kappa shape index (κ3) is 1.98. The van der Waals surface area contributed by atoms with Gasteiger partial charge in [0.15, 0.2) is 0 Å². The molecule has 1 fully saturated rings. The third-order valence-electron chi connectivity index (χ3n) is 2.88. The van der Waals surface area contributed by atoms with Gasteiger partial charge in [-0.25, -0.2) is 4.98 Å². The molecule has 0 radical (unpaired) electrons. The first-order valence-corrected chi connectivity index (χ1v) is 6.55. The van der Waals surface area contributed by atoms with Gasteiger partial charge in [-0.2, -0.15) is 5.26 Å². The van der Waals surface area contributed by atoms with Crippen molar-refractivity contribution < 1.29 is 4.74 Å². The number of nitriles is 1. The number of morpholine rings is 1. The second kappa shape index (κ2) is 4.80. The van der Waals surface area contributed by atoms with Crippen LogP contribution in [0.1, 0.15) is 5.56 Å². The summed E-state index contributed by atoms with van der Waals surface area (Å²) in [6.07, 6.45) is 5.37. The molecule has 1 saturated heterocycles. The van der Waals surface area contributed by atoms with E-state index in [2.05, 4.69) is 16.0 Å². The van der Waals surface area contributed by atoms with E-state index >= 15 is 0 Å². The van der Waals surface area contributed by atoms with Gasteiger partial charge in [0, 0.05) is 25.5 Å². The van der Waals surface area contributed by atoms with Crippen LogP contribution in [0, 0.1) is 11.3 Å². The van der Waals surface area contributed by atoms with Crippen molar-refractivity contribution in [3.05, 3.63) is 30.4 Å². The highest BCUT2D eigenvalue weighted by Crippen LogP contribution is 2.33. The summed E-state index contributed by atoms with van der Waals surface area (Å²) in [5.74, 6) is 0. The van der Waals surface area contributed by atoms with E-state index in [9.17, 15) is 5.26 Å². The van der Waals surface area contributed by atoms with Crippen molar-refractivity contribution in [2.75, 3.05) is 31.2 Å². The predicted octanol–water partition coefficient (Wildman–Crippen LogP) is 1.64. The van der Waals surface area contributed by atoms with E-state index < -0.39 is 0 Å². The lowest BCUT2D eigenvalue weighted by molar-refractivity contribution is 0.123. The summed E-state index contributed by atoms with van der Waals surface area (Å²) in [5.41, 5.74) is 0.727. The van der Waals surface area contributed by atoms with E-state index in [0.29, 0.717) is 0 Å². The molecule has 0 amide bonds. The lowest BCUT2D eigenvalue weighted by atomic mass is 10.3. The molecule has 0 atom stereocenters. The van der Waals surface area contributed by atoms with Crippen LogP contribution in [0.2, 0.25) is 0 Å². The maximum absolute atomic E-state index is 9.23. The number of imidazole rings is 1. The fourth-order valence-electron chi connectivity index (χ4n) is 1.97. The van der Waals surface area contributed by atoms with E-state index in [1.54, 1.807) is 23.9 Å². The summed E-state index contributed by atoms with van der Waals surface area (Å²) in [7, 11) is 0. The Hall–Kier alpha value is -1.84. The zero-order valence-corrected chi connectivity index (χ0v) is 10.6. The number of anilines is 1. The second-order valence-electron chi connectivity index (χ2n) is 3.98. The van der Waals surface area contributed by atoms with Crippen molar-refractivity contribution in [1.29, 1.82) is 5.26 Å². The van der Waals surface area contributed by atoms with Gasteiger partial charge in [-0.05, 0) is 6.07 Å². The number of hydrogen-bond acceptors (Lipinski definition) is 5. The van der Waals surface area contributed by atoms with Gasteiger partial charge in [0.1, 0.15) is 16.1 Å². The van der Waals surface area contributed by atoms with E-state index in [1.165, 1.54) is 0 Å². The predicted molar refractivity (Wildman–Crippen MR) is 69.2 cm³/mol. The molecule has 18 heavy (non-hydrogen) atoms. The topological polar surface area (TPSA) is 54.1 Å². The summed E-state index contributed by atoms with van der Waals surface area (Å²) in [5, 5.41) is 11.3. The Labute approximate surface area is 109 Å². The second-order valence-corrected chi connectivity index (χ2v) is 4.99.